The number of thioether (sulfide) groups is 2. The highest BCUT2D eigenvalue weighted by molar-refractivity contribution is 8.22. The van der Waals surface area contributed by atoms with Gasteiger partial charge in [0.1, 0.15) is 0 Å². The Labute approximate surface area is 127 Å². The van der Waals surface area contributed by atoms with Gasteiger partial charge in [-0.25, -0.2) is 0 Å². The van der Waals surface area contributed by atoms with Crippen LogP contribution in [0.25, 0.3) is 0 Å². The van der Waals surface area contributed by atoms with Gasteiger partial charge in [0.25, 0.3) is 0 Å². The zero-order valence-corrected chi connectivity index (χ0v) is 13.5. The highest BCUT2D eigenvalue weighted by Gasteiger charge is 2.47. The molecular formula is C14H19N3OS2. The predicted molar refractivity (Wildman–Crippen MR) is 84.3 cm³/mol. The van der Waals surface area contributed by atoms with E-state index in [-0.39, 0.29) is 17.1 Å². The number of amides is 1. The van der Waals surface area contributed by atoms with E-state index in [2.05, 4.69) is 29.4 Å². The predicted octanol–water partition coefficient (Wildman–Crippen LogP) is 2.79. The van der Waals surface area contributed by atoms with Crippen molar-refractivity contribution in [2.75, 3.05) is 12.8 Å². The molecule has 0 aromatic carbocycles. The van der Waals surface area contributed by atoms with Crippen molar-refractivity contribution in [3.05, 3.63) is 27.8 Å². The Morgan fingerprint density at radius 3 is 2.90 bits per heavy atom. The molecule has 0 aliphatic carbocycles. The van der Waals surface area contributed by atoms with E-state index in [0.717, 1.165) is 22.0 Å². The third kappa shape index (κ3) is 2.19. The molecule has 1 amide bonds. The molecule has 0 bridgehead atoms. The lowest BCUT2D eigenvalue weighted by atomic mass is 9.74. The molecule has 0 saturated carbocycles. The van der Waals surface area contributed by atoms with E-state index in [1.165, 1.54) is 0 Å². The standard InChI is InChI=1S/C14H19N3OS2/c1-7(2)8-6-15-13(18)11-10(8)12(20-14(11)19-3)9-4-5-16-17-9/h4-5,7-8,10,12H,6H2,1-3H3,(H,15,18)(H,16,17). The first-order valence-corrected chi connectivity index (χ1v) is 8.96. The van der Waals surface area contributed by atoms with Crippen LogP contribution in [0.1, 0.15) is 24.8 Å². The molecule has 2 aliphatic heterocycles. The van der Waals surface area contributed by atoms with Crippen LogP contribution in [0.4, 0.5) is 0 Å². The minimum absolute atomic E-state index is 0.116. The van der Waals surface area contributed by atoms with Crippen molar-refractivity contribution in [1.29, 1.82) is 0 Å². The topological polar surface area (TPSA) is 57.8 Å². The zero-order chi connectivity index (χ0) is 14.3. The molecule has 1 saturated heterocycles. The summed E-state index contributed by atoms with van der Waals surface area (Å²) in [7, 11) is 0. The Hall–Kier alpha value is -0.880. The lowest BCUT2D eigenvalue weighted by Crippen LogP contribution is -2.45. The molecule has 3 atom stereocenters. The van der Waals surface area contributed by atoms with Crippen molar-refractivity contribution < 1.29 is 4.79 Å². The van der Waals surface area contributed by atoms with Crippen molar-refractivity contribution in [3.8, 4) is 0 Å². The number of hydrogen-bond donors (Lipinski definition) is 2. The molecule has 1 aromatic heterocycles. The van der Waals surface area contributed by atoms with Gasteiger partial charge in [0.2, 0.25) is 5.91 Å². The summed E-state index contributed by atoms with van der Waals surface area (Å²) in [5, 5.41) is 10.5. The van der Waals surface area contributed by atoms with Crippen LogP contribution >= 0.6 is 23.5 Å². The maximum atomic E-state index is 12.3. The third-order valence-electron chi connectivity index (χ3n) is 4.19. The normalized spacial score (nSPS) is 29.8. The summed E-state index contributed by atoms with van der Waals surface area (Å²) >= 11 is 3.49. The number of carbonyl (C=O) groups is 1. The van der Waals surface area contributed by atoms with Crippen LogP contribution in [0, 0.1) is 17.8 Å². The van der Waals surface area contributed by atoms with Gasteiger partial charge in [0.15, 0.2) is 0 Å². The van der Waals surface area contributed by atoms with E-state index in [9.17, 15) is 4.79 Å². The van der Waals surface area contributed by atoms with E-state index in [1.807, 2.05) is 24.1 Å². The number of H-pyrrole nitrogens is 1. The van der Waals surface area contributed by atoms with Gasteiger partial charge in [0, 0.05) is 34.2 Å². The SMILES string of the molecule is CSC1=C2C(=O)NCC(C(C)C)C2C(c2ccn[nH]2)S1. The molecule has 2 N–H and O–H groups in total. The van der Waals surface area contributed by atoms with Crippen molar-refractivity contribution >= 4 is 29.4 Å². The van der Waals surface area contributed by atoms with Crippen molar-refractivity contribution in [1.82, 2.24) is 15.5 Å². The average Bonchev–Trinajstić information content (AvgIpc) is 3.05. The minimum Gasteiger partial charge on any atom is -0.352 e. The molecular weight excluding hydrogens is 290 g/mol. The fraction of sp³-hybridized carbons (Fsp3) is 0.571. The van der Waals surface area contributed by atoms with E-state index >= 15 is 0 Å². The van der Waals surface area contributed by atoms with Gasteiger partial charge in [-0.05, 0) is 24.2 Å². The Morgan fingerprint density at radius 1 is 1.50 bits per heavy atom. The zero-order valence-electron chi connectivity index (χ0n) is 11.8. The van der Waals surface area contributed by atoms with Crippen molar-refractivity contribution in [2.45, 2.75) is 19.1 Å². The largest absolute Gasteiger partial charge is 0.352 e. The van der Waals surface area contributed by atoms with E-state index in [1.54, 1.807) is 18.0 Å². The maximum Gasteiger partial charge on any atom is 0.249 e. The quantitative estimate of drug-likeness (QED) is 0.901. The first-order chi connectivity index (χ1) is 9.63. The number of fused-ring (bicyclic) bond motifs is 1. The third-order valence-corrected chi connectivity index (χ3v) is 6.80. The minimum atomic E-state index is 0.116. The molecule has 108 valence electrons. The fourth-order valence-electron chi connectivity index (χ4n) is 3.15. The van der Waals surface area contributed by atoms with Gasteiger partial charge in [-0.2, -0.15) is 5.10 Å². The molecule has 3 heterocycles. The highest BCUT2D eigenvalue weighted by Crippen LogP contribution is 2.58. The number of aromatic amines is 1. The molecule has 3 unspecified atom stereocenters. The number of nitrogens with zero attached hydrogens (tertiary/aromatic N) is 1. The number of piperidine rings is 1. The Morgan fingerprint density at radius 2 is 2.30 bits per heavy atom. The summed E-state index contributed by atoms with van der Waals surface area (Å²) in [5.41, 5.74) is 2.12. The van der Waals surface area contributed by atoms with Gasteiger partial charge in [0.05, 0.1) is 5.25 Å². The van der Waals surface area contributed by atoms with E-state index in [4.69, 9.17) is 0 Å². The summed E-state index contributed by atoms with van der Waals surface area (Å²) in [6.07, 6.45) is 3.84. The summed E-state index contributed by atoms with van der Waals surface area (Å²) < 4.78 is 1.16. The molecule has 1 aromatic rings. The molecule has 0 spiro atoms. The number of hydrogen-bond acceptors (Lipinski definition) is 4. The highest BCUT2D eigenvalue weighted by atomic mass is 32.2. The van der Waals surface area contributed by atoms with E-state index < -0.39 is 0 Å². The van der Waals surface area contributed by atoms with Crippen LogP contribution in [-0.2, 0) is 4.79 Å². The maximum absolute atomic E-state index is 12.3. The van der Waals surface area contributed by atoms with Gasteiger partial charge in [-0.1, -0.05) is 13.8 Å². The van der Waals surface area contributed by atoms with Gasteiger partial charge in [-0.3, -0.25) is 9.89 Å². The molecule has 6 heteroatoms. The number of carbonyl (C=O) groups excluding carboxylic acids is 1. The molecule has 4 nitrogen and oxygen atoms in total. The first kappa shape index (κ1) is 14.1. The number of nitrogens with one attached hydrogen (secondary N) is 2. The van der Waals surface area contributed by atoms with Crippen LogP contribution in [0.2, 0.25) is 0 Å². The molecule has 1 fully saturated rings. The van der Waals surface area contributed by atoms with Crippen LogP contribution in [0.3, 0.4) is 0 Å². The van der Waals surface area contributed by atoms with Gasteiger partial charge < -0.3 is 5.32 Å². The summed E-state index contributed by atoms with van der Waals surface area (Å²) in [4.78, 5) is 12.3. The van der Waals surface area contributed by atoms with Crippen molar-refractivity contribution in [2.24, 2.45) is 17.8 Å². The molecule has 3 rings (SSSR count). The van der Waals surface area contributed by atoms with Gasteiger partial charge >= 0.3 is 0 Å². The average molecular weight is 309 g/mol. The second kappa shape index (κ2) is 5.48. The van der Waals surface area contributed by atoms with Gasteiger partial charge in [-0.15, -0.1) is 23.5 Å². The second-order valence-corrected chi connectivity index (χ2v) is 7.83. The summed E-state index contributed by atoms with van der Waals surface area (Å²) in [6, 6.07) is 2.03. The Balaban J connectivity index is 2.03. The van der Waals surface area contributed by atoms with Crippen LogP contribution in [-0.4, -0.2) is 28.9 Å². The lowest BCUT2D eigenvalue weighted by molar-refractivity contribution is -0.120. The summed E-state index contributed by atoms with van der Waals surface area (Å²) in [5.74, 6) is 1.43. The monoisotopic (exact) mass is 309 g/mol. The number of aromatic nitrogens is 2. The smallest absolute Gasteiger partial charge is 0.249 e. The van der Waals surface area contributed by atoms with E-state index in [0.29, 0.717) is 11.8 Å². The van der Waals surface area contributed by atoms with Crippen molar-refractivity contribution in [3.63, 3.8) is 0 Å². The first-order valence-electron chi connectivity index (χ1n) is 6.85. The molecule has 20 heavy (non-hydrogen) atoms. The lowest BCUT2D eigenvalue weighted by Gasteiger charge is -2.36. The van der Waals surface area contributed by atoms with Crippen LogP contribution < -0.4 is 5.32 Å². The molecule has 2 aliphatic rings. The molecule has 0 radical (unpaired) electrons. The number of rotatable bonds is 3. The Bertz CT molecular complexity index is 539. The van der Waals surface area contributed by atoms with Crippen LogP contribution in [0.5, 0.6) is 0 Å². The summed E-state index contributed by atoms with van der Waals surface area (Å²) in [6.45, 7) is 5.26. The second-order valence-electron chi connectivity index (χ2n) is 5.60. The van der Waals surface area contributed by atoms with Crippen LogP contribution in [0.15, 0.2) is 22.1 Å². The fourth-order valence-corrected chi connectivity index (χ4v) is 5.62. The Kier molecular flexibility index (Phi) is 3.86.